The predicted octanol–water partition coefficient (Wildman–Crippen LogP) is -5.37. The Kier molecular flexibility index (Phi) is 4.72. The highest BCUT2D eigenvalue weighted by molar-refractivity contribution is 6.02. The second-order valence-electron chi connectivity index (χ2n) is 9.63. The highest BCUT2D eigenvalue weighted by Crippen LogP contribution is 2.41. The lowest BCUT2D eigenvalue weighted by Gasteiger charge is -2.46. The van der Waals surface area contributed by atoms with Crippen molar-refractivity contribution >= 4 is 29.6 Å². The molecule has 0 radical (unpaired) electrons. The molecule has 3 amide bonds. The van der Waals surface area contributed by atoms with E-state index in [0.717, 1.165) is 10.5 Å². The van der Waals surface area contributed by atoms with Crippen LogP contribution in [-0.2, 0) is 16.0 Å². The summed E-state index contributed by atoms with van der Waals surface area (Å²) in [6.45, 7) is 0.255. The van der Waals surface area contributed by atoms with E-state index in [9.17, 15) is 24.6 Å². The zero-order valence-corrected chi connectivity index (χ0v) is 19.2. The fraction of sp³-hybridized carbons (Fsp3) is 0.500. The van der Waals surface area contributed by atoms with Crippen molar-refractivity contribution in [2.24, 2.45) is 16.5 Å². The van der Waals surface area contributed by atoms with Crippen LogP contribution in [0.2, 0.25) is 0 Å². The number of amides is 3. The van der Waals surface area contributed by atoms with Crippen LogP contribution in [0.3, 0.4) is 0 Å². The number of fused-ring (bicyclic) bond motifs is 1. The van der Waals surface area contributed by atoms with Gasteiger partial charge in [0.05, 0.1) is 25.3 Å². The number of aliphatic hydroxyl groups is 2. The number of likely N-dealkylation sites (tertiary alicyclic amines) is 1. The molecule has 1 spiro atoms. The van der Waals surface area contributed by atoms with E-state index in [-0.39, 0.29) is 55.2 Å². The van der Waals surface area contributed by atoms with Crippen LogP contribution in [-0.4, -0.2) is 98.9 Å². The van der Waals surface area contributed by atoms with E-state index in [4.69, 9.17) is 16.2 Å². The van der Waals surface area contributed by atoms with Gasteiger partial charge >= 0.3 is 5.96 Å². The lowest BCUT2D eigenvalue weighted by atomic mass is 9.84. The van der Waals surface area contributed by atoms with Crippen molar-refractivity contribution < 1.29 is 34.3 Å². The molecule has 36 heavy (non-hydrogen) atoms. The first-order valence-corrected chi connectivity index (χ1v) is 11.7. The van der Waals surface area contributed by atoms with Crippen LogP contribution in [0.25, 0.3) is 0 Å². The van der Waals surface area contributed by atoms with Gasteiger partial charge in [0.15, 0.2) is 12.0 Å². The van der Waals surface area contributed by atoms with Crippen molar-refractivity contribution in [2.45, 2.75) is 48.8 Å². The summed E-state index contributed by atoms with van der Waals surface area (Å²) in [5.41, 5.74) is 11.8. The standard InChI is InChI=1S/C22H26N8O6/c23-19-27-17-12(8-29-14(31)4-5-15(29)32)25-20(24)30-9-13(22(34,35)21(17,30)28-19)26-18(33)11-3-1-2-10-6-7-36-16(10)11/h1-3,12-13,17,34-35H,4-9H2,(H2,24,25)(H,26,33)(H3,23,27,28)/p+1/t12-,13-,17-,21-/m0/s1. The molecule has 2 saturated heterocycles. The number of hydrogen-bond donors (Lipinski definition) is 7. The number of ether oxygens (including phenoxy) is 1. The summed E-state index contributed by atoms with van der Waals surface area (Å²) in [6, 6.07) is 2.28. The van der Waals surface area contributed by atoms with Gasteiger partial charge in [0.25, 0.3) is 11.6 Å². The molecule has 0 saturated carbocycles. The lowest BCUT2D eigenvalue weighted by Crippen LogP contribution is -2.90. The largest absolute Gasteiger partial charge is 0.492 e. The number of para-hydroxylation sites is 1. The molecule has 5 aliphatic heterocycles. The van der Waals surface area contributed by atoms with Crippen molar-refractivity contribution in [2.75, 3.05) is 19.7 Å². The molecule has 1 aromatic rings. The van der Waals surface area contributed by atoms with E-state index in [1.54, 1.807) is 12.1 Å². The summed E-state index contributed by atoms with van der Waals surface area (Å²) >= 11 is 0. The molecule has 4 atom stereocenters. The topological polar surface area (TPSA) is 210 Å². The number of benzene rings is 1. The van der Waals surface area contributed by atoms with E-state index in [0.29, 0.717) is 18.8 Å². The maximum absolute atomic E-state index is 13.2. The number of aliphatic imine (C=N–C) groups is 1. The molecule has 5 heterocycles. The number of carbonyl (C=O) groups is 3. The Morgan fingerprint density at radius 2 is 2.00 bits per heavy atom. The Hall–Kier alpha value is -3.91. The quantitative estimate of drug-likeness (QED) is 0.154. The molecule has 0 bridgehead atoms. The third-order valence-electron chi connectivity index (χ3n) is 7.67. The van der Waals surface area contributed by atoms with Crippen LogP contribution in [0.5, 0.6) is 5.75 Å². The van der Waals surface area contributed by atoms with E-state index >= 15 is 0 Å². The fourth-order valence-electron chi connectivity index (χ4n) is 5.96. The molecule has 14 heteroatoms. The second-order valence-corrected chi connectivity index (χ2v) is 9.63. The Balaban J connectivity index is 1.32. The lowest BCUT2D eigenvalue weighted by molar-refractivity contribution is -0.521. The summed E-state index contributed by atoms with van der Waals surface area (Å²) in [4.78, 5) is 47.6. The van der Waals surface area contributed by atoms with E-state index < -0.39 is 35.5 Å². The molecule has 1 aromatic carbocycles. The maximum atomic E-state index is 13.2. The van der Waals surface area contributed by atoms with Gasteiger partial charge in [-0.05, 0) is 11.6 Å². The summed E-state index contributed by atoms with van der Waals surface area (Å²) in [5.74, 6) is -3.34. The van der Waals surface area contributed by atoms with Crippen molar-refractivity contribution in [3.63, 3.8) is 0 Å². The van der Waals surface area contributed by atoms with Gasteiger partial charge in [0, 0.05) is 19.3 Å². The second kappa shape index (κ2) is 7.54. The van der Waals surface area contributed by atoms with Gasteiger partial charge in [-0.1, -0.05) is 12.1 Å². The monoisotopic (exact) mass is 499 g/mol. The average molecular weight is 500 g/mol. The van der Waals surface area contributed by atoms with Gasteiger partial charge in [-0.25, -0.2) is 10.3 Å². The van der Waals surface area contributed by atoms with Crippen LogP contribution in [0.15, 0.2) is 23.2 Å². The van der Waals surface area contributed by atoms with E-state index in [1.807, 2.05) is 6.07 Å². The van der Waals surface area contributed by atoms with E-state index in [2.05, 4.69) is 20.6 Å². The molecule has 14 nitrogen and oxygen atoms in total. The normalized spacial score (nSPS) is 31.8. The minimum Gasteiger partial charge on any atom is -0.492 e. The first kappa shape index (κ1) is 22.5. The van der Waals surface area contributed by atoms with Crippen LogP contribution in [0.1, 0.15) is 28.8 Å². The Morgan fingerprint density at radius 3 is 2.75 bits per heavy atom. The molecular weight excluding hydrogens is 472 g/mol. The molecule has 5 aliphatic rings. The van der Waals surface area contributed by atoms with Crippen LogP contribution in [0, 0.1) is 0 Å². The number of nitrogens with one attached hydrogen (secondary N) is 3. The van der Waals surface area contributed by atoms with Crippen LogP contribution >= 0.6 is 0 Å². The molecule has 0 unspecified atom stereocenters. The van der Waals surface area contributed by atoms with Crippen molar-refractivity contribution in [3.05, 3.63) is 29.3 Å². The molecule has 9 N–H and O–H groups in total. The van der Waals surface area contributed by atoms with Crippen LogP contribution < -0.4 is 31.8 Å². The van der Waals surface area contributed by atoms with E-state index in [1.165, 1.54) is 4.90 Å². The van der Waals surface area contributed by atoms with Crippen molar-refractivity contribution in [1.82, 2.24) is 20.4 Å². The highest BCUT2D eigenvalue weighted by atomic mass is 16.5. The number of nitrogens with zero attached hydrogens (tertiary/aromatic N) is 3. The molecule has 6 rings (SSSR count). The summed E-state index contributed by atoms with van der Waals surface area (Å²) in [7, 11) is 0. The highest BCUT2D eigenvalue weighted by Gasteiger charge is 2.76. The number of imide groups is 1. The SMILES string of the molecule is NC1=N[C@@H](CN2C(=O)CCC2=O)[C@@H]2[NH+]=C(N)N[C@]23N1C[C@H](NC(=O)c1cccc2c1OCC2)C3(O)O. The fourth-order valence-corrected chi connectivity index (χ4v) is 5.96. The number of nitrogens with two attached hydrogens (primary N) is 2. The number of guanidine groups is 2. The molecule has 0 aliphatic carbocycles. The first-order chi connectivity index (χ1) is 17.1. The zero-order valence-electron chi connectivity index (χ0n) is 19.2. The Morgan fingerprint density at radius 1 is 1.25 bits per heavy atom. The smallest absolute Gasteiger partial charge is 0.343 e. The molecule has 190 valence electrons. The Labute approximate surface area is 205 Å². The Bertz CT molecular complexity index is 1230. The minimum atomic E-state index is -2.60. The van der Waals surface area contributed by atoms with Gasteiger partial charge < -0.3 is 26.0 Å². The van der Waals surface area contributed by atoms with Crippen molar-refractivity contribution in [3.8, 4) is 5.75 Å². The van der Waals surface area contributed by atoms with Gasteiger partial charge in [-0.15, -0.1) is 0 Å². The molecule has 2 fully saturated rings. The third-order valence-corrected chi connectivity index (χ3v) is 7.67. The van der Waals surface area contributed by atoms with Gasteiger partial charge in [0.1, 0.15) is 17.8 Å². The average Bonchev–Trinajstić information content (AvgIpc) is 3.57. The molecular formula is C22H27N8O6+. The number of hydrogen-bond acceptors (Lipinski definition) is 11. The third kappa shape index (κ3) is 2.94. The molecule has 0 aromatic heterocycles. The van der Waals surface area contributed by atoms with Crippen molar-refractivity contribution in [1.29, 1.82) is 0 Å². The van der Waals surface area contributed by atoms with Crippen LogP contribution in [0.4, 0.5) is 0 Å². The minimum absolute atomic E-state index is 0.0349. The van der Waals surface area contributed by atoms with Gasteiger partial charge in [-0.2, -0.15) is 0 Å². The van der Waals surface area contributed by atoms with Gasteiger partial charge in [-0.3, -0.25) is 34.9 Å². The zero-order chi connectivity index (χ0) is 25.4. The summed E-state index contributed by atoms with van der Waals surface area (Å²) in [6.07, 6.45) is 0.901. The summed E-state index contributed by atoms with van der Waals surface area (Å²) in [5, 5.41) is 28.7. The first-order valence-electron chi connectivity index (χ1n) is 11.7. The predicted molar refractivity (Wildman–Crippen MR) is 122 cm³/mol. The van der Waals surface area contributed by atoms with Gasteiger partial charge in [0.2, 0.25) is 17.6 Å². The summed E-state index contributed by atoms with van der Waals surface area (Å²) < 4.78 is 5.62. The number of carbonyl (C=O) groups excluding carboxylic acids is 3. The number of rotatable bonds is 4. The maximum Gasteiger partial charge on any atom is 0.343 e.